The molecule has 3 nitrogen and oxygen atoms in total. The molecular weight excluding hydrogens is 222 g/mol. The first kappa shape index (κ1) is 11.6. The van der Waals surface area contributed by atoms with Gasteiger partial charge in [0.1, 0.15) is 0 Å². The highest BCUT2D eigenvalue weighted by atomic mass is 32.1. The van der Waals surface area contributed by atoms with Gasteiger partial charge in [0.05, 0.1) is 11.2 Å². The van der Waals surface area contributed by atoms with Gasteiger partial charge >= 0.3 is 0 Å². The van der Waals surface area contributed by atoms with Crippen molar-refractivity contribution in [2.75, 3.05) is 13.1 Å². The van der Waals surface area contributed by atoms with Gasteiger partial charge in [0.25, 0.3) is 5.91 Å². The van der Waals surface area contributed by atoms with Crippen LogP contribution in [0.2, 0.25) is 0 Å². The van der Waals surface area contributed by atoms with Crippen LogP contribution in [0, 0.1) is 6.92 Å². The van der Waals surface area contributed by atoms with Crippen LogP contribution in [0.15, 0.2) is 10.8 Å². The maximum Gasteiger partial charge on any atom is 0.254 e. The second kappa shape index (κ2) is 4.18. The minimum Gasteiger partial charge on any atom is -0.390 e. The van der Waals surface area contributed by atoms with E-state index in [-0.39, 0.29) is 5.91 Å². The fourth-order valence-corrected chi connectivity index (χ4v) is 2.76. The number of carbonyl (C=O) groups is 1. The molecule has 0 saturated carbocycles. The van der Waals surface area contributed by atoms with E-state index in [0.29, 0.717) is 25.9 Å². The van der Waals surface area contributed by atoms with Gasteiger partial charge in [-0.15, -0.1) is 0 Å². The van der Waals surface area contributed by atoms with Crippen LogP contribution in [0.25, 0.3) is 0 Å². The number of hydrogen-bond acceptors (Lipinski definition) is 3. The number of likely N-dealkylation sites (tertiary alicyclic amines) is 1. The summed E-state index contributed by atoms with van der Waals surface area (Å²) >= 11 is 1.56. The molecule has 1 aliphatic rings. The van der Waals surface area contributed by atoms with Crippen LogP contribution in [0.1, 0.15) is 35.7 Å². The summed E-state index contributed by atoms with van der Waals surface area (Å²) in [6.07, 6.45) is 1.34. The summed E-state index contributed by atoms with van der Waals surface area (Å²) in [4.78, 5) is 14.0. The molecule has 0 unspecified atom stereocenters. The van der Waals surface area contributed by atoms with Gasteiger partial charge < -0.3 is 10.0 Å². The van der Waals surface area contributed by atoms with Crippen LogP contribution in [-0.4, -0.2) is 34.6 Å². The smallest absolute Gasteiger partial charge is 0.254 e. The number of aliphatic hydroxyl groups is 1. The highest BCUT2D eigenvalue weighted by Crippen LogP contribution is 2.24. The zero-order valence-corrected chi connectivity index (χ0v) is 10.5. The van der Waals surface area contributed by atoms with Crippen molar-refractivity contribution >= 4 is 17.2 Å². The third kappa shape index (κ3) is 2.28. The second-order valence-electron chi connectivity index (χ2n) is 4.76. The summed E-state index contributed by atoms with van der Waals surface area (Å²) in [5.74, 6) is 0.106. The summed E-state index contributed by atoms with van der Waals surface area (Å²) in [5, 5.41) is 13.7. The van der Waals surface area contributed by atoms with Gasteiger partial charge in [-0.25, -0.2) is 0 Å². The Bertz CT molecular complexity index is 387. The number of thiophene rings is 1. The Morgan fingerprint density at radius 1 is 1.44 bits per heavy atom. The van der Waals surface area contributed by atoms with Crippen molar-refractivity contribution in [1.29, 1.82) is 0 Å². The van der Waals surface area contributed by atoms with Crippen molar-refractivity contribution in [3.8, 4) is 0 Å². The van der Waals surface area contributed by atoms with E-state index >= 15 is 0 Å². The SMILES string of the molecule is Cc1cscc1C(=O)N1CCC(C)(O)CC1. The molecule has 1 saturated heterocycles. The lowest BCUT2D eigenvalue weighted by molar-refractivity contribution is -0.00202. The van der Waals surface area contributed by atoms with Gasteiger partial charge in [0.15, 0.2) is 0 Å². The third-order valence-electron chi connectivity index (χ3n) is 3.21. The molecule has 88 valence electrons. The topological polar surface area (TPSA) is 40.5 Å². The Kier molecular flexibility index (Phi) is 3.04. The average Bonchev–Trinajstić information content (AvgIpc) is 2.63. The third-order valence-corrected chi connectivity index (χ3v) is 4.08. The lowest BCUT2D eigenvalue weighted by Crippen LogP contribution is -2.45. The molecule has 1 amide bonds. The number of hydrogen-bond donors (Lipinski definition) is 1. The summed E-state index contributed by atoms with van der Waals surface area (Å²) in [7, 11) is 0. The first-order chi connectivity index (χ1) is 7.49. The minimum atomic E-state index is -0.597. The monoisotopic (exact) mass is 239 g/mol. The molecule has 2 rings (SSSR count). The Labute approximate surface area is 99.7 Å². The van der Waals surface area contributed by atoms with Crippen LogP contribution < -0.4 is 0 Å². The Balaban J connectivity index is 2.05. The number of aryl methyl sites for hydroxylation is 1. The number of rotatable bonds is 1. The summed E-state index contributed by atoms with van der Waals surface area (Å²) in [6.45, 7) is 5.11. The molecule has 1 fully saturated rings. The van der Waals surface area contributed by atoms with Gasteiger partial charge in [-0.2, -0.15) is 11.3 Å². The first-order valence-electron chi connectivity index (χ1n) is 5.54. The van der Waals surface area contributed by atoms with E-state index in [9.17, 15) is 9.90 Å². The number of amides is 1. The average molecular weight is 239 g/mol. The quantitative estimate of drug-likeness (QED) is 0.814. The largest absolute Gasteiger partial charge is 0.390 e. The highest BCUT2D eigenvalue weighted by Gasteiger charge is 2.30. The van der Waals surface area contributed by atoms with Gasteiger partial charge in [-0.1, -0.05) is 0 Å². The number of carbonyl (C=O) groups excluding carboxylic acids is 1. The highest BCUT2D eigenvalue weighted by molar-refractivity contribution is 7.08. The molecule has 0 radical (unpaired) electrons. The predicted molar refractivity (Wildman–Crippen MR) is 64.8 cm³/mol. The Morgan fingerprint density at radius 3 is 2.56 bits per heavy atom. The van der Waals surface area contributed by atoms with Crippen molar-refractivity contribution < 1.29 is 9.90 Å². The van der Waals surface area contributed by atoms with E-state index in [0.717, 1.165) is 11.1 Å². The van der Waals surface area contributed by atoms with E-state index in [2.05, 4.69) is 0 Å². The fourth-order valence-electron chi connectivity index (χ4n) is 1.94. The molecule has 0 bridgehead atoms. The van der Waals surface area contributed by atoms with Gasteiger partial charge in [-0.3, -0.25) is 4.79 Å². The van der Waals surface area contributed by atoms with E-state index in [4.69, 9.17) is 0 Å². The lowest BCUT2D eigenvalue weighted by atomic mass is 9.93. The molecule has 0 aliphatic carbocycles. The molecule has 0 aromatic carbocycles. The van der Waals surface area contributed by atoms with E-state index in [1.165, 1.54) is 0 Å². The zero-order valence-electron chi connectivity index (χ0n) is 9.69. The molecule has 1 aromatic heterocycles. The lowest BCUT2D eigenvalue weighted by Gasteiger charge is -2.35. The molecule has 4 heteroatoms. The molecular formula is C12H17NO2S. The van der Waals surface area contributed by atoms with Crippen LogP contribution in [0.5, 0.6) is 0 Å². The summed E-state index contributed by atoms with van der Waals surface area (Å²) in [6, 6.07) is 0. The molecule has 0 spiro atoms. The predicted octanol–water partition coefficient (Wildman–Crippen LogP) is 2.04. The van der Waals surface area contributed by atoms with Crippen LogP contribution >= 0.6 is 11.3 Å². The van der Waals surface area contributed by atoms with Gasteiger partial charge in [0, 0.05) is 18.5 Å². The van der Waals surface area contributed by atoms with Crippen LogP contribution in [0.3, 0.4) is 0 Å². The van der Waals surface area contributed by atoms with Crippen molar-refractivity contribution in [2.24, 2.45) is 0 Å². The molecule has 16 heavy (non-hydrogen) atoms. The molecule has 0 atom stereocenters. The maximum atomic E-state index is 12.1. The Hall–Kier alpha value is -0.870. The fraction of sp³-hybridized carbons (Fsp3) is 0.583. The van der Waals surface area contributed by atoms with Crippen molar-refractivity contribution in [1.82, 2.24) is 4.90 Å². The van der Waals surface area contributed by atoms with E-state index < -0.39 is 5.60 Å². The first-order valence-corrected chi connectivity index (χ1v) is 6.48. The van der Waals surface area contributed by atoms with Crippen LogP contribution in [0.4, 0.5) is 0 Å². The van der Waals surface area contributed by atoms with E-state index in [1.54, 1.807) is 11.3 Å². The number of nitrogens with zero attached hydrogens (tertiary/aromatic N) is 1. The minimum absolute atomic E-state index is 0.106. The molecule has 1 aliphatic heterocycles. The van der Waals surface area contributed by atoms with E-state index in [1.807, 2.05) is 29.5 Å². The summed E-state index contributed by atoms with van der Waals surface area (Å²) < 4.78 is 0. The molecule has 2 heterocycles. The Morgan fingerprint density at radius 2 is 2.06 bits per heavy atom. The zero-order chi connectivity index (χ0) is 11.8. The standard InChI is InChI=1S/C12H17NO2S/c1-9-7-16-8-10(9)11(14)13-5-3-12(2,15)4-6-13/h7-8,15H,3-6H2,1-2H3. The van der Waals surface area contributed by atoms with Crippen molar-refractivity contribution in [3.05, 3.63) is 21.9 Å². The van der Waals surface area contributed by atoms with Crippen molar-refractivity contribution in [2.45, 2.75) is 32.3 Å². The second-order valence-corrected chi connectivity index (χ2v) is 5.50. The normalized spacial score (nSPS) is 19.8. The summed E-state index contributed by atoms with van der Waals surface area (Å²) in [5.41, 5.74) is 1.26. The van der Waals surface area contributed by atoms with Crippen LogP contribution in [-0.2, 0) is 0 Å². The molecule has 1 N–H and O–H groups in total. The molecule has 1 aromatic rings. The van der Waals surface area contributed by atoms with Gasteiger partial charge in [0.2, 0.25) is 0 Å². The van der Waals surface area contributed by atoms with Gasteiger partial charge in [-0.05, 0) is 37.6 Å². The maximum absolute atomic E-state index is 12.1. The number of piperidine rings is 1. The van der Waals surface area contributed by atoms with Crippen molar-refractivity contribution in [3.63, 3.8) is 0 Å².